The summed E-state index contributed by atoms with van der Waals surface area (Å²) >= 11 is 0. The molecule has 0 aliphatic carbocycles. The van der Waals surface area contributed by atoms with Crippen LogP contribution >= 0.6 is 0 Å². The van der Waals surface area contributed by atoms with Crippen LogP contribution in [0.5, 0.6) is 0 Å². The minimum atomic E-state index is -3.27. The van der Waals surface area contributed by atoms with Gasteiger partial charge in [0.1, 0.15) is 0 Å². The van der Waals surface area contributed by atoms with Crippen LogP contribution < -0.4 is 0 Å². The maximum absolute atomic E-state index is 12.4. The van der Waals surface area contributed by atoms with Gasteiger partial charge in [-0.15, -0.1) is 0 Å². The van der Waals surface area contributed by atoms with Crippen LogP contribution in [0.1, 0.15) is 31.9 Å². The smallest absolute Gasteiger partial charge is 0.214 e. The Balaban J connectivity index is 1.99. The molecule has 1 aromatic rings. The molecule has 1 N–H and O–H groups in total. The number of hydrogen-bond acceptors (Lipinski definition) is 4. The molecule has 1 aliphatic rings. The fourth-order valence-corrected chi connectivity index (χ4v) is 4.46. The van der Waals surface area contributed by atoms with Crippen LogP contribution in [0.25, 0.3) is 0 Å². The fraction of sp³-hybridized carbons (Fsp3) is 0.643. The standard InChI is InChI=1S/C14H22N2O3S/c1-12(17)11-14-6-4-9-16(14)20(18,19)10-7-13-5-2-3-8-15-13/h2-3,5,8,12,14,17H,4,6-7,9-11H2,1H3. The topological polar surface area (TPSA) is 70.5 Å². The number of aryl methyl sites for hydroxylation is 1. The van der Waals surface area contributed by atoms with Crippen LogP contribution in [0.4, 0.5) is 0 Å². The molecule has 2 heterocycles. The number of sulfonamides is 1. The molecule has 0 radical (unpaired) electrons. The summed E-state index contributed by atoms with van der Waals surface area (Å²) in [4.78, 5) is 4.15. The number of aliphatic hydroxyl groups is 1. The molecule has 0 aromatic carbocycles. The highest BCUT2D eigenvalue weighted by atomic mass is 32.2. The average Bonchev–Trinajstić information content (AvgIpc) is 2.86. The van der Waals surface area contributed by atoms with Gasteiger partial charge < -0.3 is 5.11 Å². The molecule has 112 valence electrons. The molecule has 5 nitrogen and oxygen atoms in total. The van der Waals surface area contributed by atoms with Crippen molar-refractivity contribution in [3.8, 4) is 0 Å². The van der Waals surface area contributed by atoms with Gasteiger partial charge in [-0.3, -0.25) is 4.98 Å². The Morgan fingerprint density at radius 3 is 2.95 bits per heavy atom. The largest absolute Gasteiger partial charge is 0.393 e. The van der Waals surface area contributed by atoms with E-state index in [0.717, 1.165) is 18.5 Å². The van der Waals surface area contributed by atoms with Crippen LogP contribution in [0.3, 0.4) is 0 Å². The summed E-state index contributed by atoms with van der Waals surface area (Å²) in [6.07, 6.45) is 3.87. The number of aromatic nitrogens is 1. The zero-order chi connectivity index (χ0) is 14.6. The maximum Gasteiger partial charge on any atom is 0.214 e. The zero-order valence-electron chi connectivity index (χ0n) is 11.8. The molecule has 1 aromatic heterocycles. The van der Waals surface area contributed by atoms with Crippen molar-refractivity contribution >= 4 is 10.0 Å². The molecule has 2 atom stereocenters. The lowest BCUT2D eigenvalue weighted by Gasteiger charge is -2.24. The van der Waals surface area contributed by atoms with Crippen LogP contribution in [0.2, 0.25) is 0 Å². The summed E-state index contributed by atoms with van der Waals surface area (Å²) in [7, 11) is -3.27. The second-order valence-electron chi connectivity index (χ2n) is 5.38. The van der Waals surface area contributed by atoms with Gasteiger partial charge in [0.25, 0.3) is 0 Å². The van der Waals surface area contributed by atoms with Gasteiger partial charge in [-0.1, -0.05) is 6.07 Å². The summed E-state index contributed by atoms with van der Waals surface area (Å²) in [6, 6.07) is 5.47. The molecule has 6 heteroatoms. The lowest BCUT2D eigenvalue weighted by molar-refractivity contribution is 0.158. The molecular weight excluding hydrogens is 276 g/mol. The minimum Gasteiger partial charge on any atom is -0.393 e. The van der Waals surface area contributed by atoms with Gasteiger partial charge in [-0.05, 0) is 38.3 Å². The summed E-state index contributed by atoms with van der Waals surface area (Å²) in [5, 5.41) is 9.47. The second-order valence-corrected chi connectivity index (χ2v) is 7.42. The second kappa shape index (κ2) is 6.65. The average molecular weight is 298 g/mol. The molecule has 2 rings (SSSR count). The first-order valence-corrected chi connectivity index (χ1v) is 8.67. The minimum absolute atomic E-state index is 0.0521. The van der Waals surface area contributed by atoms with Crippen molar-refractivity contribution in [3.05, 3.63) is 30.1 Å². The summed E-state index contributed by atoms with van der Waals surface area (Å²) in [5.41, 5.74) is 0.794. The lowest BCUT2D eigenvalue weighted by Crippen LogP contribution is -2.39. The molecule has 1 aliphatic heterocycles. The van der Waals surface area contributed by atoms with Crippen molar-refractivity contribution in [3.63, 3.8) is 0 Å². The number of rotatable bonds is 6. The van der Waals surface area contributed by atoms with Crippen molar-refractivity contribution in [1.82, 2.24) is 9.29 Å². The Labute approximate surface area is 120 Å². The third-order valence-corrected chi connectivity index (χ3v) is 5.55. The van der Waals surface area contributed by atoms with Gasteiger partial charge in [-0.25, -0.2) is 8.42 Å². The van der Waals surface area contributed by atoms with Gasteiger partial charge in [0, 0.05) is 30.9 Å². The van der Waals surface area contributed by atoms with Crippen LogP contribution in [-0.2, 0) is 16.4 Å². The molecule has 0 spiro atoms. The predicted octanol–water partition coefficient (Wildman–Crippen LogP) is 1.19. The fourth-order valence-electron chi connectivity index (χ4n) is 2.70. The van der Waals surface area contributed by atoms with E-state index in [0.29, 0.717) is 19.4 Å². The van der Waals surface area contributed by atoms with Gasteiger partial charge in [0.05, 0.1) is 11.9 Å². The Morgan fingerprint density at radius 2 is 2.30 bits per heavy atom. The van der Waals surface area contributed by atoms with E-state index in [9.17, 15) is 13.5 Å². The third kappa shape index (κ3) is 4.01. The van der Waals surface area contributed by atoms with Crippen LogP contribution in [0.15, 0.2) is 24.4 Å². The van der Waals surface area contributed by atoms with Crippen LogP contribution in [-0.4, -0.2) is 47.3 Å². The van der Waals surface area contributed by atoms with E-state index in [1.807, 2.05) is 18.2 Å². The van der Waals surface area contributed by atoms with E-state index in [4.69, 9.17) is 0 Å². The summed E-state index contributed by atoms with van der Waals surface area (Å²) in [5.74, 6) is 0.0837. The predicted molar refractivity (Wildman–Crippen MR) is 77.8 cm³/mol. The molecular formula is C14H22N2O3S. The Bertz CT molecular complexity index is 516. The normalized spacial score (nSPS) is 22.0. The highest BCUT2D eigenvalue weighted by molar-refractivity contribution is 7.89. The monoisotopic (exact) mass is 298 g/mol. The van der Waals surface area contributed by atoms with E-state index >= 15 is 0 Å². The summed E-state index contributed by atoms with van der Waals surface area (Å²) in [6.45, 7) is 2.28. The number of hydrogen-bond donors (Lipinski definition) is 1. The first-order valence-electron chi connectivity index (χ1n) is 7.06. The quantitative estimate of drug-likeness (QED) is 0.856. The summed E-state index contributed by atoms with van der Waals surface area (Å²) < 4.78 is 26.4. The van der Waals surface area contributed by atoms with E-state index in [2.05, 4.69) is 4.98 Å². The van der Waals surface area contributed by atoms with Crippen molar-refractivity contribution in [2.75, 3.05) is 12.3 Å². The Hall–Kier alpha value is -0.980. The Kier molecular flexibility index (Phi) is 5.12. The number of pyridine rings is 1. The van der Waals surface area contributed by atoms with E-state index < -0.39 is 16.1 Å². The van der Waals surface area contributed by atoms with Crippen molar-refractivity contribution < 1.29 is 13.5 Å². The molecule has 1 saturated heterocycles. The first kappa shape index (κ1) is 15.4. The third-order valence-electron chi connectivity index (χ3n) is 3.64. The molecule has 1 fully saturated rings. The lowest BCUT2D eigenvalue weighted by atomic mass is 10.1. The van der Waals surface area contributed by atoms with E-state index in [1.54, 1.807) is 17.4 Å². The number of aliphatic hydroxyl groups excluding tert-OH is 1. The van der Waals surface area contributed by atoms with E-state index in [1.165, 1.54) is 0 Å². The molecule has 0 saturated carbocycles. The van der Waals surface area contributed by atoms with Gasteiger partial charge in [-0.2, -0.15) is 4.31 Å². The first-order chi connectivity index (χ1) is 9.49. The Morgan fingerprint density at radius 1 is 1.50 bits per heavy atom. The maximum atomic E-state index is 12.4. The van der Waals surface area contributed by atoms with Gasteiger partial charge in [0.2, 0.25) is 10.0 Å². The highest BCUT2D eigenvalue weighted by Crippen LogP contribution is 2.25. The van der Waals surface area contributed by atoms with Crippen molar-refractivity contribution in [2.45, 2.75) is 44.8 Å². The van der Waals surface area contributed by atoms with E-state index in [-0.39, 0.29) is 11.8 Å². The molecule has 0 bridgehead atoms. The van der Waals surface area contributed by atoms with Crippen molar-refractivity contribution in [1.29, 1.82) is 0 Å². The highest BCUT2D eigenvalue weighted by Gasteiger charge is 2.34. The van der Waals surface area contributed by atoms with Crippen molar-refractivity contribution in [2.24, 2.45) is 0 Å². The number of nitrogens with zero attached hydrogens (tertiary/aromatic N) is 2. The van der Waals surface area contributed by atoms with Crippen LogP contribution in [0, 0.1) is 0 Å². The van der Waals surface area contributed by atoms with Gasteiger partial charge in [0.15, 0.2) is 0 Å². The molecule has 0 amide bonds. The molecule has 20 heavy (non-hydrogen) atoms. The zero-order valence-corrected chi connectivity index (χ0v) is 12.6. The SMILES string of the molecule is CC(O)CC1CCCN1S(=O)(=O)CCc1ccccn1. The van der Waals surface area contributed by atoms with Gasteiger partial charge >= 0.3 is 0 Å². The molecule has 2 unspecified atom stereocenters.